The van der Waals surface area contributed by atoms with E-state index in [2.05, 4.69) is 37.5 Å². The Morgan fingerprint density at radius 1 is 1.12 bits per heavy atom. The van der Waals surface area contributed by atoms with Gasteiger partial charge in [-0.05, 0) is 23.3 Å². The number of methoxy groups -OCH3 is 1. The summed E-state index contributed by atoms with van der Waals surface area (Å²) in [6, 6.07) is 11.6. The summed E-state index contributed by atoms with van der Waals surface area (Å²) in [6.07, 6.45) is 6.78. The number of ether oxygens (including phenoxy) is 1. The molecule has 0 bridgehead atoms. The fraction of sp³-hybridized carbons (Fsp3) is 0.240. The van der Waals surface area contributed by atoms with Crippen LogP contribution in [0.1, 0.15) is 34.3 Å². The number of carbonyl (C=O) groups is 1. The van der Waals surface area contributed by atoms with Crippen LogP contribution in [-0.4, -0.2) is 46.5 Å². The number of pyridine rings is 2. The Labute approximate surface area is 192 Å². The quantitative estimate of drug-likeness (QED) is 0.428. The predicted octanol–water partition coefficient (Wildman–Crippen LogP) is 3.81. The van der Waals surface area contributed by atoms with Gasteiger partial charge in [0.15, 0.2) is 0 Å². The van der Waals surface area contributed by atoms with Gasteiger partial charge in [0.25, 0.3) is 5.91 Å². The minimum Gasteiger partial charge on any atom is -0.380 e. The number of aromatic nitrogens is 4. The van der Waals surface area contributed by atoms with Crippen LogP contribution in [0, 0.1) is 0 Å². The summed E-state index contributed by atoms with van der Waals surface area (Å²) in [4.78, 5) is 29.8. The maximum absolute atomic E-state index is 12.2. The van der Waals surface area contributed by atoms with Crippen molar-refractivity contribution in [1.29, 1.82) is 0 Å². The summed E-state index contributed by atoms with van der Waals surface area (Å²) in [5, 5.41) is 6.94. The molecule has 2 N–H and O–H groups in total. The van der Waals surface area contributed by atoms with Crippen LogP contribution in [0.4, 0.5) is 5.82 Å². The second-order valence-electron chi connectivity index (χ2n) is 7.77. The lowest BCUT2D eigenvalue weighted by atomic mass is 9.96. The zero-order valence-corrected chi connectivity index (χ0v) is 18.9. The molecule has 3 heterocycles. The van der Waals surface area contributed by atoms with E-state index in [9.17, 15) is 4.79 Å². The Morgan fingerprint density at radius 2 is 2.00 bits per heavy atom. The van der Waals surface area contributed by atoms with Gasteiger partial charge in [-0.2, -0.15) is 0 Å². The van der Waals surface area contributed by atoms with E-state index in [4.69, 9.17) is 4.74 Å². The molecule has 1 atom stereocenters. The molecule has 0 aliphatic heterocycles. The fourth-order valence-electron chi connectivity index (χ4n) is 3.78. The second-order valence-corrected chi connectivity index (χ2v) is 7.77. The Balaban J connectivity index is 1.54. The van der Waals surface area contributed by atoms with Gasteiger partial charge in [-0.1, -0.05) is 25.1 Å². The van der Waals surface area contributed by atoms with Crippen LogP contribution in [0.15, 0.2) is 61.3 Å². The summed E-state index contributed by atoms with van der Waals surface area (Å²) in [6.45, 7) is 3.26. The molecule has 0 aliphatic carbocycles. The molecule has 0 fully saturated rings. The van der Waals surface area contributed by atoms with E-state index < -0.39 is 0 Å². The van der Waals surface area contributed by atoms with Crippen molar-refractivity contribution in [2.75, 3.05) is 26.0 Å². The van der Waals surface area contributed by atoms with E-state index in [-0.39, 0.29) is 11.8 Å². The van der Waals surface area contributed by atoms with Crippen molar-refractivity contribution in [3.63, 3.8) is 0 Å². The standard InChI is InChI=1S/C25H26N6O2/c1-16(19-5-4-6-20-21(25(32)26-2)7-8-28-24(19)20)11-29-23-10-22(30-15-31-23)18-9-17(14-33-3)12-27-13-18/h4-10,12-13,15-16H,11,14H2,1-3H3,(H,26,32)(H,29,30,31)/t16-/m1/s1. The lowest BCUT2D eigenvalue weighted by Gasteiger charge is -2.16. The van der Waals surface area contributed by atoms with Crippen LogP contribution in [0.3, 0.4) is 0 Å². The Kier molecular flexibility index (Phi) is 6.85. The van der Waals surface area contributed by atoms with Crippen molar-refractivity contribution in [3.05, 3.63) is 78.0 Å². The number of carbonyl (C=O) groups excluding carboxylic acids is 1. The van der Waals surface area contributed by atoms with Crippen molar-refractivity contribution < 1.29 is 9.53 Å². The molecular formula is C25H26N6O2. The average Bonchev–Trinajstić information content (AvgIpc) is 2.86. The van der Waals surface area contributed by atoms with Gasteiger partial charge in [0.05, 0.1) is 23.4 Å². The summed E-state index contributed by atoms with van der Waals surface area (Å²) in [5.41, 5.74) is 5.19. The third kappa shape index (κ3) is 4.96. The number of rotatable bonds is 8. The fourth-order valence-corrected chi connectivity index (χ4v) is 3.78. The van der Waals surface area contributed by atoms with E-state index in [1.54, 1.807) is 45.1 Å². The van der Waals surface area contributed by atoms with Gasteiger partial charge in [-0.15, -0.1) is 0 Å². The van der Waals surface area contributed by atoms with Crippen molar-refractivity contribution in [2.45, 2.75) is 19.4 Å². The molecular weight excluding hydrogens is 416 g/mol. The van der Waals surface area contributed by atoms with Crippen LogP contribution >= 0.6 is 0 Å². The summed E-state index contributed by atoms with van der Waals surface area (Å²) in [5.74, 6) is 0.734. The second kappa shape index (κ2) is 10.1. The minimum absolute atomic E-state index is 0.122. The zero-order chi connectivity index (χ0) is 23.2. The Morgan fingerprint density at radius 3 is 2.82 bits per heavy atom. The normalized spacial score (nSPS) is 11.8. The predicted molar refractivity (Wildman–Crippen MR) is 128 cm³/mol. The highest BCUT2D eigenvalue weighted by Crippen LogP contribution is 2.27. The third-order valence-electron chi connectivity index (χ3n) is 5.46. The number of hydrogen-bond acceptors (Lipinski definition) is 7. The van der Waals surface area contributed by atoms with Crippen molar-refractivity contribution in [1.82, 2.24) is 25.3 Å². The molecule has 0 spiro atoms. The van der Waals surface area contributed by atoms with E-state index in [1.807, 2.05) is 30.3 Å². The van der Waals surface area contributed by atoms with E-state index >= 15 is 0 Å². The Bertz CT molecular complexity index is 1280. The number of hydrogen-bond donors (Lipinski definition) is 2. The number of para-hydroxylation sites is 1. The van der Waals surface area contributed by atoms with Crippen molar-refractivity contribution >= 4 is 22.6 Å². The first-order valence-electron chi connectivity index (χ1n) is 10.7. The molecule has 33 heavy (non-hydrogen) atoms. The van der Waals surface area contributed by atoms with Crippen LogP contribution in [0.5, 0.6) is 0 Å². The highest BCUT2D eigenvalue weighted by Gasteiger charge is 2.15. The van der Waals surface area contributed by atoms with Gasteiger partial charge < -0.3 is 15.4 Å². The molecule has 168 valence electrons. The number of nitrogens with one attached hydrogen (secondary N) is 2. The molecule has 8 nitrogen and oxygen atoms in total. The molecule has 1 aromatic carbocycles. The molecule has 0 radical (unpaired) electrons. The van der Waals surface area contributed by atoms with Crippen LogP contribution < -0.4 is 10.6 Å². The molecule has 0 saturated heterocycles. The van der Waals surface area contributed by atoms with Crippen molar-refractivity contribution in [3.8, 4) is 11.3 Å². The van der Waals surface area contributed by atoms with Gasteiger partial charge in [-0.3, -0.25) is 14.8 Å². The molecule has 1 amide bonds. The topological polar surface area (TPSA) is 102 Å². The molecule has 0 unspecified atom stereocenters. The highest BCUT2D eigenvalue weighted by molar-refractivity contribution is 6.06. The van der Waals surface area contributed by atoms with Crippen LogP contribution in [-0.2, 0) is 11.3 Å². The van der Waals surface area contributed by atoms with Gasteiger partial charge in [0.2, 0.25) is 0 Å². The highest BCUT2D eigenvalue weighted by atomic mass is 16.5. The van der Waals surface area contributed by atoms with E-state index in [1.165, 1.54) is 0 Å². The number of amides is 1. The van der Waals surface area contributed by atoms with Crippen LogP contribution in [0.2, 0.25) is 0 Å². The van der Waals surface area contributed by atoms with Crippen LogP contribution in [0.25, 0.3) is 22.2 Å². The lowest BCUT2D eigenvalue weighted by molar-refractivity contribution is 0.0964. The molecule has 4 aromatic rings. The number of nitrogens with zero attached hydrogens (tertiary/aromatic N) is 4. The van der Waals surface area contributed by atoms with E-state index in [0.717, 1.165) is 39.1 Å². The molecule has 0 saturated carbocycles. The largest absolute Gasteiger partial charge is 0.380 e. The molecule has 8 heteroatoms. The monoisotopic (exact) mass is 442 g/mol. The number of fused-ring (bicyclic) bond motifs is 1. The first-order valence-corrected chi connectivity index (χ1v) is 10.7. The van der Waals surface area contributed by atoms with Gasteiger partial charge in [0, 0.05) is 62.2 Å². The Hall–Kier alpha value is -3.91. The molecule has 0 aliphatic rings. The average molecular weight is 443 g/mol. The third-order valence-corrected chi connectivity index (χ3v) is 5.46. The summed E-state index contributed by atoms with van der Waals surface area (Å²) < 4.78 is 5.19. The lowest BCUT2D eigenvalue weighted by Crippen LogP contribution is -2.18. The van der Waals surface area contributed by atoms with Crippen molar-refractivity contribution in [2.24, 2.45) is 0 Å². The first-order chi connectivity index (χ1) is 16.1. The van der Waals surface area contributed by atoms with Gasteiger partial charge >= 0.3 is 0 Å². The number of benzene rings is 1. The maximum Gasteiger partial charge on any atom is 0.251 e. The molecule has 3 aromatic heterocycles. The number of anilines is 1. The summed E-state index contributed by atoms with van der Waals surface area (Å²) >= 11 is 0. The van der Waals surface area contributed by atoms with E-state index in [0.29, 0.717) is 18.7 Å². The zero-order valence-electron chi connectivity index (χ0n) is 18.9. The SMILES string of the molecule is CNC(=O)c1ccnc2c([C@H](C)CNc3cc(-c4cncc(COC)c4)ncn3)cccc12. The smallest absolute Gasteiger partial charge is 0.251 e. The van der Waals surface area contributed by atoms with Gasteiger partial charge in [0.1, 0.15) is 12.1 Å². The minimum atomic E-state index is -0.122. The summed E-state index contributed by atoms with van der Waals surface area (Å²) in [7, 11) is 3.29. The first kappa shape index (κ1) is 22.3. The van der Waals surface area contributed by atoms with Gasteiger partial charge in [-0.25, -0.2) is 9.97 Å². The maximum atomic E-state index is 12.2. The molecule has 4 rings (SSSR count).